The maximum absolute atomic E-state index is 13.8. The summed E-state index contributed by atoms with van der Waals surface area (Å²) < 4.78 is 57.2. The highest BCUT2D eigenvalue weighted by Crippen LogP contribution is 2.45. The van der Waals surface area contributed by atoms with Gasteiger partial charge in [-0.2, -0.15) is 13.2 Å². The van der Waals surface area contributed by atoms with E-state index in [9.17, 15) is 32.3 Å². The van der Waals surface area contributed by atoms with Crippen molar-refractivity contribution in [2.45, 2.75) is 75.4 Å². The number of benzene rings is 2. The molecule has 2 aliphatic heterocycles. The van der Waals surface area contributed by atoms with Crippen LogP contribution in [0.15, 0.2) is 48.5 Å². The molecule has 3 amide bonds. The number of nitrogens with zero attached hydrogens (tertiary/aromatic N) is 1. The smallest absolute Gasteiger partial charge is 0.416 e. The molecule has 2 saturated heterocycles. The topological polar surface area (TPSA) is 163 Å². The number of primary amides is 1. The summed E-state index contributed by atoms with van der Waals surface area (Å²) in [5, 5.41) is 2.99. The maximum Gasteiger partial charge on any atom is 0.416 e. The van der Waals surface area contributed by atoms with Crippen molar-refractivity contribution >= 4 is 23.9 Å². The molecule has 14 heteroatoms. The maximum atomic E-state index is 13.8. The van der Waals surface area contributed by atoms with Crippen LogP contribution in [0.4, 0.5) is 18.0 Å². The number of ether oxygens (including phenoxy) is 3. The highest BCUT2D eigenvalue weighted by molar-refractivity contribution is 5.84. The molecule has 4 rings (SSSR count). The third kappa shape index (κ3) is 7.92. The predicted molar refractivity (Wildman–Crippen MR) is 154 cm³/mol. The monoisotopic (exact) mass is 634 g/mol. The fourth-order valence-corrected chi connectivity index (χ4v) is 5.91. The molecule has 0 bridgehead atoms. The van der Waals surface area contributed by atoms with Crippen LogP contribution in [-0.2, 0) is 40.3 Å². The first-order chi connectivity index (χ1) is 21.1. The van der Waals surface area contributed by atoms with Crippen molar-refractivity contribution in [3.05, 3.63) is 70.8 Å². The molecule has 2 fully saturated rings. The number of rotatable bonds is 10. The molecule has 2 heterocycles. The number of amides is 3. The lowest BCUT2D eigenvalue weighted by Crippen LogP contribution is -2.65. The highest BCUT2D eigenvalue weighted by atomic mass is 19.4. The molecular formula is C31H37F3N4O7. The van der Waals surface area contributed by atoms with Gasteiger partial charge in [0.05, 0.1) is 35.8 Å². The van der Waals surface area contributed by atoms with Crippen LogP contribution in [-0.4, -0.2) is 60.3 Å². The Morgan fingerprint density at radius 1 is 1.07 bits per heavy atom. The van der Waals surface area contributed by atoms with Gasteiger partial charge in [-0.15, -0.1) is 0 Å². The van der Waals surface area contributed by atoms with Gasteiger partial charge in [0.1, 0.15) is 6.04 Å². The average Bonchev–Trinajstić information content (AvgIpc) is 3.35. The Kier molecular flexibility index (Phi) is 10.1. The zero-order valence-corrected chi connectivity index (χ0v) is 25.0. The van der Waals surface area contributed by atoms with Gasteiger partial charge in [0.15, 0.2) is 0 Å². The summed E-state index contributed by atoms with van der Waals surface area (Å²) in [7, 11) is 0. The molecule has 0 aliphatic carbocycles. The van der Waals surface area contributed by atoms with Crippen molar-refractivity contribution < 1.29 is 46.6 Å². The largest absolute Gasteiger partial charge is 0.427 e. The van der Waals surface area contributed by atoms with Gasteiger partial charge in [-0.1, -0.05) is 42.0 Å². The van der Waals surface area contributed by atoms with Crippen LogP contribution < -0.4 is 16.8 Å². The SMILES string of the molecule is Cc1cc([C@@H](C)OC[C@@]2(c3ccccc3)CC[C@]3(CCC(=O)N3)CN2C(=O)OCOC(=O)C(N)CC(N)=O)cc(C(F)(F)F)c1. The first-order valence-electron chi connectivity index (χ1n) is 14.5. The second-order valence-electron chi connectivity index (χ2n) is 11.7. The second kappa shape index (κ2) is 13.4. The number of nitrogens with two attached hydrogens (primary N) is 2. The van der Waals surface area contributed by atoms with Crippen LogP contribution >= 0.6 is 0 Å². The first kappa shape index (κ1) is 33.7. The molecule has 4 atom stereocenters. The number of hydrogen-bond acceptors (Lipinski definition) is 8. The minimum absolute atomic E-state index is 0.0298. The van der Waals surface area contributed by atoms with E-state index in [1.165, 1.54) is 4.90 Å². The van der Waals surface area contributed by atoms with Gasteiger partial charge in [0, 0.05) is 13.0 Å². The summed E-state index contributed by atoms with van der Waals surface area (Å²) in [6.07, 6.45) is -5.14. The standard InChI is InChI=1S/C31H37F3N4O7/c1-19-12-21(14-23(13-19)31(32,33)34)20(2)43-17-30(22-6-4-3-5-7-22)11-10-29(9-8-26(40)37-29)16-38(30)28(42)45-18-44-27(41)24(35)15-25(36)39/h3-7,12-14,20,24H,8-11,15-18,35H2,1-2H3,(H2,36,39)(H,37,40)/t20-,24?,29-,30-/m1/s1. The summed E-state index contributed by atoms with van der Waals surface area (Å²) in [5.41, 5.74) is 9.37. The van der Waals surface area contributed by atoms with Crippen molar-refractivity contribution in [2.24, 2.45) is 11.5 Å². The lowest BCUT2D eigenvalue weighted by Gasteiger charge is -2.52. The summed E-state index contributed by atoms with van der Waals surface area (Å²) in [4.78, 5) is 50.7. The van der Waals surface area contributed by atoms with Gasteiger partial charge < -0.3 is 31.0 Å². The van der Waals surface area contributed by atoms with E-state index in [2.05, 4.69) is 5.32 Å². The number of hydrogen-bond donors (Lipinski definition) is 3. The number of carbonyl (C=O) groups is 4. The van der Waals surface area contributed by atoms with Gasteiger partial charge in [-0.25, -0.2) is 4.79 Å². The number of aryl methyl sites for hydroxylation is 1. The number of alkyl halides is 3. The van der Waals surface area contributed by atoms with Gasteiger partial charge in [-0.05, 0) is 56.4 Å². The fourth-order valence-electron chi connectivity index (χ4n) is 5.91. The molecular weight excluding hydrogens is 597 g/mol. The Morgan fingerprint density at radius 3 is 2.40 bits per heavy atom. The molecule has 2 aromatic carbocycles. The molecule has 1 unspecified atom stereocenters. The lowest BCUT2D eigenvalue weighted by molar-refractivity contribution is -0.156. The van der Waals surface area contributed by atoms with Gasteiger partial charge in [0.2, 0.25) is 18.6 Å². The quantitative estimate of drug-likeness (QED) is 0.264. The van der Waals surface area contributed by atoms with E-state index >= 15 is 0 Å². The summed E-state index contributed by atoms with van der Waals surface area (Å²) in [6.45, 7) is 2.29. The minimum atomic E-state index is -4.54. The normalized spacial score (nSPS) is 22.9. The van der Waals surface area contributed by atoms with E-state index < -0.39 is 66.1 Å². The second-order valence-corrected chi connectivity index (χ2v) is 11.7. The van der Waals surface area contributed by atoms with E-state index in [0.717, 1.165) is 12.1 Å². The molecule has 2 aliphatic rings. The minimum Gasteiger partial charge on any atom is -0.427 e. The molecule has 0 radical (unpaired) electrons. The van der Waals surface area contributed by atoms with Gasteiger partial charge >= 0.3 is 18.2 Å². The number of esters is 1. The first-order valence-corrected chi connectivity index (χ1v) is 14.5. The number of halogens is 3. The number of carbonyl (C=O) groups excluding carboxylic acids is 4. The summed E-state index contributed by atoms with van der Waals surface area (Å²) in [6, 6.07) is 11.3. The van der Waals surface area contributed by atoms with E-state index in [4.69, 9.17) is 25.7 Å². The van der Waals surface area contributed by atoms with E-state index in [-0.39, 0.29) is 25.5 Å². The summed E-state index contributed by atoms with van der Waals surface area (Å²) in [5.74, 6) is -1.96. The Labute approximate surface area is 258 Å². The van der Waals surface area contributed by atoms with Gasteiger partial charge in [-0.3, -0.25) is 19.3 Å². The number of likely N-dealkylation sites (tertiary alicyclic amines) is 1. The Bertz CT molecular complexity index is 1420. The van der Waals surface area contributed by atoms with Crippen LogP contribution in [0.3, 0.4) is 0 Å². The van der Waals surface area contributed by atoms with Crippen molar-refractivity contribution in [3.8, 4) is 0 Å². The van der Waals surface area contributed by atoms with Crippen LogP contribution in [0.1, 0.15) is 67.4 Å². The van der Waals surface area contributed by atoms with Crippen molar-refractivity contribution in [1.82, 2.24) is 10.2 Å². The number of piperidine rings is 1. The molecule has 0 saturated carbocycles. The Hall–Kier alpha value is -4.17. The Balaban J connectivity index is 1.62. The van der Waals surface area contributed by atoms with E-state index in [0.29, 0.717) is 36.0 Å². The predicted octanol–water partition coefficient (Wildman–Crippen LogP) is 3.57. The van der Waals surface area contributed by atoms with Crippen LogP contribution in [0, 0.1) is 6.92 Å². The van der Waals surface area contributed by atoms with Crippen LogP contribution in [0.2, 0.25) is 0 Å². The van der Waals surface area contributed by atoms with Crippen molar-refractivity contribution in [1.29, 1.82) is 0 Å². The summed E-state index contributed by atoms with van der Waals surface area (Å²) >= 11 is 0. The van der Waals surface area contributed by atoms with Crippen molar-refractivity contribution in [3.63, 3.8) is 0 Å². The van der Waals surface area contributed by atoms with E-state index in [1.54, 1.807) is 50.2 Å². The lowest BCUT2D eigenvalue weighted by atomic mass is 9.74. The molecule has 11 nitrogen and oxygen atoms in total. The van der Waals surface area contributed by atoms with E-state index in [1.807, 2.05) is 0 Å². The molecule has 244 valence electrons. The molecule has 5 N–H and O–H groups in total. The average molecular weight is 635 g/mol. The van der Waals surface area contributed by atoms with Crippen LogP contribution in [0.25, 0.3) is 0 Å². The highest BCUT2D eigenvalue weighted by Gasteiger charge is 2.54. The van der Waals surface area contributed by atoms with Gasteiger partial charge in [0.25, 0.3) is 0 Å². The fraction of sp³-hybridized carbons (Fsp3) is 0.484. The van der Waals surface area contributed by atoms with Crippen molar-refractivity contribution in [2.75, 3.05) is 19.9 Å². The zero-order chi connectivity index (χ0) is 33.0. The number of nitrogens with one attached hydrogen (secondary N) is 1. The zero-order valence-electron chi connectivity index (χ0n) is 25.0. The molecule has 0 aromatic heterocycles. The molecule has 2 aromatic rings. The molecule has 45 heavy (non-hydrogen) atoms. The Morgan fingerprint density at radius 2 is 1.78 bits per heavy atom. The van der Waals surface area contributed by atoms with Crippen LogP contribution in [0.5, 0.6) is 0 Å². The third-order valence-electron chi connectivity index (χ3n) is 8.34. The third-order valence-corrected chi connectivity index (χ3v) is 8.34. The molecule has 1 spiro atoms.